The van der Waals surface area contributed by atoms with E-state index in [1.807, 2.05) is 18.2 Å². The van der Waals surface area contributed by atoms with Crippen LogP contribution in [0.2, 0.25) is 0 Å². The zero-order chi connectivity index (χ0) is 10.4. The zero-order valence-electron chi connectivity index (χ0n) is 8.79. The van der Waals surface area contributed by atoms with Crippen LogP contribution < -0.4 is 10.5 Å². The van der Waals surface area contributed by atoms with Crippen molar-refractivity contribution in [3.05, 3.63) is 41.5 Å². The number of ether oxygens (including phenoxy) is 1. The number of hydrogen-bond acceptors (Lipinski definition) is 2. The number of benzene rings is 1. The molecule has 0 bridgehead atoms. The first kappa shape index (κ1) is 10.8. The van der Waals surface area contributed by atoms with Gasteiger partial charge in [-0.05, 0) is 25.5 Å². The topological polar surface area (TPSA) is 35.2 Å². The van der Waals surface area contributed by atoms with Gasteiger partial charge in [-0.15, -0.1) is 0 Å². The summed E-state index contributed by atoms with van der Waals surface area (Å²) in [6.45, 7) is 5.28. The molecule has 0 heterocycles. The highest BCUT2D eigenvalue weighted by molar-refractivity contribution is 5.35. The van der Waals surface area contributed by atoms with E-state index in [1.54, 1.807) is 0 Å². The van der Waals surface area contributed by atoms with Crippen LogP contribution in [0, 0.1) is 13.8 Å². The molecule has 76 valence electrons. The molecule has 0 aliphatic carbocycles. The Morgan fingerprint density at radius 2 is 2.07 bits per heavy atom. The van der Waals surface area contributed by atoms with Crippen LogP contribution in [0.5, 0.6) is 5.75 Å². The van der Waals surface area contributed by atoms with E-state index >= 15 is 0 Å². The largest absolute Gasteiger partial charge is 0.489 e. The maximum Gasteiger partial charge on any atom is 0.122 e. The van der Waals surface area contributed by atoms with E-state index in [0.717, 1.165) is 5.75 Å². The average molecular weight is 191 g/mol. The lowest BCUT2D eigenvalue weighted by molar-refractivity contribution is 0.360. The molecular weight excluding hydrogens is 174 g/mol. The summed E-state index contributed by atoms with van der Waals surface area (Å²) in [6.07, 6.45) is 3.82. The first-order valence-electron chi connectivity index (χ1n) is 4.79. The Labute approximate surface area is 85.4 Å². The molecule has 0 aliphatic heterocycles. The van der Waals surface area contributed by atoms with E-state index in [9.17, 15) is 0 Å². The van der Waals surface area contributed by atoms with E-state index in [1.165, 1.54) is 11.1 Å². The molecule has 0 aromatic heterocycles. The molecule has 0 unspecified atom stereocenters. The lowest BCUT2D eigenvalue weighted by Gasteiger charge is -2.07. The van der Waals surface area contributed by atoms with E-state index in [0.29, 0.717) is 13.2 Å². The Balaban J connectivity index is 2.55. The standard InChI is InChI=1S/C12H17NO/c1-10-5-6-12(11(2)9-10)14-8-4-3-7-13/h3-6,9H,7-8,13H2,1-2H3. The molecule has 1 rings (SSSR count). The van der Waals surface area contributed by atoms with Gasteiger partial charge < -0.3 is 10.5 Å². The minimum atomic E-state index is 0.566. The fraction of sp³-hybridized carbons (Fsp3) is 0.333. The highest BCUT2D eigenvalue weighted by Gasteiger charge is 1.97. The average Bonchev–Trinajstić information content (AvgIpc) is 2.15. The summed E-state index contributed by atoms with van der Waals surface area (Å²) >= 11 is 0. The van der Waals surface area contributed by atoms with Gasteiger partial charge in [0.15, 0.2) is 0 Å². The summed E-state index contributed by atoms with van der Waals surface area (Å²) in [7, 11) is 0. The summed E-state index contributed by atoms with van der Waals surface area (Å²) in [6, 6.07) is 6.16. The lowest BCUT2D eigenvalue weighted by atomic mass is 10.1. The monoisotopic (exact) mass is 191 g/mol. The van der Waals surface area contributed by atoms with Crippen molar-refractivity contribution in [1.82, 2.24) is 0 Å². The SMILES string of the molecule is Cc1ccc(OCC=CCN)c(C)c1. The van der Waals surface area contributed by atoms with Gasteiger partial charge in [0.1, 0.15) is 12.4 Å². The smallest absolute Gasteiger partial charge is 0.122 e. The van der Waals surface area contributed by atoms with E-state index in [2.05, 4.69) is 26.0 Å². The van der Waals surface area contributed by atoms with Crippen molar-refractivity contribution in [2.75, 3.05) is 13.2 Å². The Bertz CT molecular complexity index is 318. The fourth-order valence-electron chi connectivity index (χ4n) is 1.26. The third kappa shape index (κ3) is 3.23. The molecule has 0 atom stereocenters. The van der Waals surface area contributed by atoms with Crippen molar-refractivity contribution in [3.63, 3.8) is 0 Å². The maximum absolute atomic E-state index is 5.55. The zero-order valence-corrected chi connectivity index (χ0v) is 8.79. The summed E-state index contributed by atoms with van der Waals surface area (Å²) in [5, 5.41) is 0. The van der Waals surface area contributed by atoms with Crippen LogP contribution >= 0.6 is 0 Å². The van der Waals surface area contributed by atoms with Gasteiger partial charge in [-0.3, -0.25) is 0 Å². The summed E-state index contributed by atoms with van der Waals surface area (Å²) in [5.74, 6) is 0.942. The molecule has 0 radical (unpaired) electrons. The molecule has 0 amide bonds. The summed E-state index contributed by atoms with van der Waals surface area (Å²) in [5.41, 5.74) is 7.74. The van der Waals surface area contributed by atoms with Crippen molar-refractivity contribution >= 4 is 0 Å². The molecule has 2 nitrogen and oxygen atoms in total. The number of aryl methyl sites for hydroxylation is 2. The van der Waals surface area contributed by atoms with Gasteiger partial charge >= 0.3 is 0 Å². The molecule has 2 N–H and O–H groups in total. The van der Waals surface area contributed by atoms with Crippen LogP contribution in [-0.2, 0) is 0 Å². The first-order valence-corrected chi connectivity index (χ1v) is 4.79. The van der Waals surface area contributed by atoms with E-state index in [-0.39, 0.29) is 0 Å². The molecule has 1 aromatic carbocycles. The second-order valence-electron chi connectivity index (χ2n) is 3.29. The predicted octanol–water partition coefficient (Wildman–Crippen LogP) is 2.20. The molecule has 2 heteroatoms. The van der Waals surface area contributed by atoms with E-state index < -0.39 is 0 Å². The molecule has 0 fully saturated rings. The molecule has 0 saturated heterocycles. The Morgan fingerprint density at radius 3 is 2.71 bits per heavy atom. The quantitative estimate of drug-likeness (QED) is 0.740. The van der Waals surface area contributed by atoms with Gasteiger partial charge in [-0.2, -0.15) is 0 Å². The second kappa shape index (κ2) is 5.45. The Morgan fingerprint density at radius 1 is 1.29 bits per heavy atom. The summed E-state index contributed by atoms with van der Waals surface area (Å²) in [4.78, 5) is 0. The third-order valence-corrected chi connectivity index (χ3v) is 1.97. The van der Waals surface area contributed by atoms with Gasteiger partial charge in [0, 0.05) is 6.54 Å². The van der Waals surface area contributed by atoms with Crippen LogP contribution in [0.15, 0.2) is 30.4 Å². The maximum atomic E-state index is 5.55. The fourth-order valence-corrected chi connectivity index (χ4v) is 1.26. The van der Waals surface area contributed by atoms with Gasteiger partial charge in [-0.1, -0.05) is 29.8 Å². The van der Waals surface area contributed by atoms with Crippen molar-refractivity contribution < 1.29 is 4.74 Å². The highest BCUT2D eigenvalue weighted by atomic mass is 16.5. The minimum Gasteiger partial charge on any atom is -0.489 e. The molecular formula is C12H17NO. The van der Waals surface area contributed by atoms with Crippen molar-refractivity contribution in [3.8, 4) is 5.75 Å². The molecule has 14 heavy (non-hydrogen) atoms. The third-order valence-electron chi connectivity index (χ3n) is 1.97. The molecule has 1 aromatic rings. The van der Waals surface area contributed by atoms with Crippen molar-refractivity contribution in [2.45, 2.75) is 13.8 Å². The van der Waals surface area contributed by atoms with Gasteiger partial charge in [-0.25, -0.2) is 0 Å². The van der Waals surface area contributed by atoms with Crippen molar-refractivity contribution in [2.24, 2.45) is 5.73 Å². The number of nitrogens with two attached hydrogens (primary N) is 1. The molecule has 0 spiro atoms. The highest BCUT2D eigenvalue weighted by Crippen LogP contribution is 2.18. The van der Waals surface area contributed by atoms with Gasteiger partial charge in [0.25, 0.3) is 0 Å². The van der Waals surface area contributed by atoms with Crippen LogP contribution in [0.1, 0.15) is 11.1 Å². The van der Waals surface area contributed by atoms with Crippen LogP contribution in [0.4, 0.5) is 0 Å². The Hall–Kier alpha value is -1.28. The first-order chi connectivity index (χ1) is 6.74. The van der Waals surface area contributed by atoms with E-state index in [4.69, 9.17) is 10.5 Å². The predicted molar refractivity (Wildman–Crippen MR) is 59.6 cm³/mol. The number of rotatable bonds is 4. The van der Waals surface area contributed by atoms with Crippen LogP contribution in [-0.4, -0.2) is 13.2 Å². The second-order valence-corrected chi connectivity index (χ2v) is 3.29. The normalized spacial score (nSPS) is 10.8. The summed E-state index contributed by atoms with van der Waals surface area (Å²) < 4.78 is 5.55. The van der Waals surface area contributed by atoms with Crippen LogP contribution in [0.3, 0.4) is 0 Å². The van der Waals surface area contributed by atoms with Gasteiger partial charge in [0.05, 0.1) is 0 Å². The molecule has 0 aliphatic rings. The minimum absolute atomic E-state index is 0.566. The van der Waals surface area contributed by atoms with Crippen molar-refractivity contribution in [1.29, 1.82) is 0 Å². The van der Waals surface area contributed by atoms with Crippen LogP contribution in [0.25, 0.3) is 0 Å². The van der Waals surface area contributed by atoms with Gasteiger partial charge in [0.2, 0.25) is 0 Å². The number of hydrogen-bond donors (Lipinski definition) is 1. The molecule has 0 saturated carbocycles. The lowest BCUT2D eigenvalue weighted by Crippen LogP contribution is -1.98. The Kier molecular flexibility index (Phi) is 4.20.